The smallest absolute Gasteiger partial charge is 0.370 e. The minimum absolute atomic E-state index is 0.295. The maximum Gasteiger partial charge on any atom is 0.433 e. The van der Waals surface area contributed by atoms with E-state index < -0.39 is 11.9 Å². The summed E-state index contributed by atoms with van der Waals surface area (Å²) in [5.41, 5.74) is -0.849. The summed E-state index contributed by atoms with van der Waals surface area (Å²) in [5.74, 6) is 0.797. The summed E-state index contributed by atoms with van der Waals surface area (Å²) in [5, 5.41) is 6.24. The zero-order chi connectivity index (χ0) is 13.0. The monoisotopic (exact) mass is 259 g/mol. The third-order valence-electron chi connectivity index (χ3n) is 3.07. The molecule has 1 aromatic rings. The van der Waals surface area contributed by atoms with Crippen LogP contribution in [0.3, 0.4) is 0 Å². The first kappa shape index (κ1) is 13.1. The van der Waals surface area contributed by atoms with Crippen LogP contribution in [0.5, 0.6) is 0 Å². The van der Waals surface area contributed by atoms with Crippen molar-refractivity contribution in [2.45, 2.75) is 19.0 Å². The molecule has 2 heterocycles. The lowest BCUT2D eigenvalue weighted by Gasteiger charge is -2.23. The number of hydrogen-bond donors (Lipinski definition) is 2. The first-order valence-corrected chi connectivity index (χ1v) is 6.04. The van der Waals surface area contributed by atoms with Crippen molar-refractivity contribution in [2.75, 3.05) is 25.0 Å². The normalized spacial score (nSPS) is 17.7. The van der Waals surface area contributed by atoms with Crippen molar-refractivity contribution in [1.29, 1.82) is 0 Å². The Morgan fingerprint density at radius 2 is 2.00 bits per heavy atom. The second-order valence-electron chi connectivity index (χ2n) is 4.48. The molecule has 0 aliphatic carbocycles. The van der Waals surface area contributed by atoms with Crippen LogP contribution in [0.25, 0.3) is 0 Å². The largest absolute Gasteiger partial charge is 0.433 e. The zero-order valence-corrected chi connectivity index (χ0v) is 9.93. The van der Waals surface area contributed by atoms with Gasteiger partial charge in [0.25, 0.3) is 0 Å². The van der Waals surface area contributed by atoms with Gasteiger partial charge in [-0.2, -0.15) is 13.2 Å². The molecule has 3 nitrogen and oxygen atoms in total. The van der Waals surface area contributed by atoms with Gasteiger partial charge in [-0.3, -0.25) is 0 Å². The number of pyridine rings is 1. The highest BCUT2D eigenvalue weighted by atomic mass is 19.4. The zero-order valence-electron chi connectivity index (χ0n) is 9.93. The first-order chi connectivity index (χ1) is 8.55. The summed E-state index contributed by atoms with van der Waals surface area (Å²) < 4.78 is 37.4. The summed E-state index contributed by atoms with van der Waals surface area (Å²) in [6, 6.07) is 3.92. The maximum absolute atomic E-state index is 12.5. The Morgan fingerprint density at radius 3 is 2.67 bits per heavy atom. The van der Waals surface area contributed by atoms with E-state index >= 15 is 0 Å². The Morgan fingerprint density at radius 1 is 1.28 bits per heavy atom. The molecule has 100 valence electrons. The number of nitrogens with zero attached hydrogens (tertiary/aromatic N) is 1. The van der Waals surface area contributed by atoms with E-state index in [1.165, 1.54) is 6.07 Å². The number of anilines is 1. The third-order valence-corrected chi connectivity index (χ3v) is 3.07. The van der Waals surface area contributed by atoms with Gasteiger partial charge in [0.1, 0.15) is 11.5 Å². The van der Waals surface area contributed by atoms with Crippen LogP contribution >= 0.6 is 0 Å². The summed E-state index contributed by atoms with van der Waals surface area (Å²) in [4.78, 5) is 3.58. The number of alkyl halides is 3. The Hall–Kier alpha value is -1.30. The Balaban J connectivity index is 1.92. The lowest BCUT2D eigenvalue weighted by Crippen LogP contribution is -2.31. The van der Waals surface area contributed by atoms with Crippen LogP contribution in [-0.2, 0) is 6.18 Å². The van der Waals surface area contributed by atoms with Crippen LogP contribution in [0, 0.1) is 5.92 Å². The van der Waals surface area contributed by atoms with E-state index in [1.807, 2.05) is 0 Å². The standard InChI is InChI=1S/C12H16F3N3/c13-12(14,15)10-2-1-3-11(18-10)17-8-9-4-6-16-7-5-9/h1-3,9,16H,4-8H2,(H,17,18). The summed E-state index contributed by atoms with van der Waals surface area (Å²) in [7, 11) is 0. The summed E-state index contributed by atoms with van der Waals surface area (Å²) in [6.07, 6.45) is -2.29. The van der Waals surface area contributed by atoms with Gasteiger partial charge in [0.2, 0.25) is 0 Å². The SMILES string of the molecule is FC(F)(F)c1cccc(NCC2CCNCC2)n1. The van der Waals surface area contributed by atoms with Crippen LogP contribution in [0.1, 0.15) is 18.5 Å². The molecule has 0 aromatic carbocycles. The van der Waals surface area contributed by atoms with Gasteiger partial charge in [0.15, 0.2) is 0 Å². The minimum Gasteiger partial charge on any atom is -0.370 e. The fraction of sp³-hybridized carbons (Fsp3) is 0.583. The summed E-state index contributed by atoms with van der Waals surface area (Å²) >= 11 is 0. The van der Waals surface area contributed by atoms with Crippen LogP contribution in [0.2, 0.25) is 0 Å². The molecule has 0 spiro atoms. The Bertz CT molecular complexity index is 386. The van der Waals surface area contributed by atoms with Gasteiger partial charge < -0.3 is 10.6 Å². The molecule has 0 atom stereocenters. The molecular formula is C12H16F3N3. The van der Waals surface area contributed by atoms with Crippen molar-refractivity contribution in [2.24, 2.45) is 5.92 Å². The molecule has 0 radical (unpaired) electrons. The highest BCUT2D eigenvalue weighted by Gasteiger charge is 2.32. The lowest BCUT2D eigenvalue weighted by molar-refractivity contribution is -0.141. The van der Waals surface area contributed by atoms with Gasteiger partial charge in [0.05, 0.1) is 0 Å². The molecule has 1 aromatic heterocycles. The third kappa shape index (κ3) is 3.60. The Kier molecular flexibility index (Phi) is 4.06. The van der Waals surface area contributed by atoms with Gasteiger partial charge >= 0.3 is 6.18 Å². The molecule has 2 N–H and O–H groups in total. The van der Waals surface area contributed by atoms with E-state index in [4.69, 9.17) is 0 Å². The van der Waals surface area contributed by atoms with E-state index in [2.05, 4.69) is 15.6 Å². The van der Waals surface area contributed by atoms with Gasteiger partial charge in [-0.05, 0) is 44.0 Å². The molecule has 1 saturated heterocycles. The molecular weight excluding hydrogens is 243 g/mol. The number of halogens is 3. The second-order valence-corrected chi connectivity index (χ2v) is 4.48. The van der Waals surface area contributed by atoms with Crippen molar-refractivity contribution in [1.82, 2.24) is 10.3 Å². The van der Waals surface area contributed by atoms with E-state index in [1.54, 1.807) is 6.07 Å². The van der Waals surface area contributed by atoms with Crippen molar-refractivity contribution in [3.63, 3.8) is 0 Å². The number of piperidine rings is 1. The predicted molar refractivity (Wildman–Crippen MR) is 63.3 cm³/mol. The molecule has 1 aliphatic heterocycles. The van der Waals surface area contributed by atoms with Gasteiger partial charge in [0, 0.05) is 6.54 Å². The van der Waals surface area contributed by atoms with E-state index in [-0.39, 0.29) is 0 Å². The average molecular weight is 259 g/mol. The van der Waals surface area contributed by atoms with Crippen LogP contribution in [-0.4, -0.2) is 24.6 Å². The van der Waals surface area contributed by atoms with E-state index in [9.17, 15) is 13.2 Å². The van der Waals surface area contributed by atoms with Gasteiger partial charge in [-0.15, -0.1) is 0 Å². The van der Waals surface area contributed by atoms with Crippen LogP contribution in [0.15, 0.2) is 18.2 Å². The van der Waals surface area contributed by atoms with Gasteiger partial charge in [-0.25, -0.2) is 4.98 Å². The molecule has 1 fully saturated rings. The molecule has 0 bridgehead atoms. The highest BCUT2D eigenvalue weighted by Crippen LogP contribution is 2.28. The highest BCUT2D eigenvalue weighted by molar-refractivity contribution is 5.35. The molecule has 6 heteroatoms. The topological polar surface area (TPSA) is 37.0 Å². The number of rotatable bonds is 3. The average Bonchev–Trinajstić information content (AvgIpc) is 2.37. The molecule has 0 saturated carbocycles. The minimum atomic E-state index is -4.38. The van der Waals surface area contributed by atoms with E-state index in [0.29, 0.717) is 18.3 Å². The fourth-order valence-electron chi connectivity index (χ4n) is 2.03. The molecule has 2 rings (SSSR count). The molecule has 0 unspecified atom stereocenters. The fourth-order valence-corrected chi connectivity index (χ4v) is 2.03. The van der Waals surface area contributed by atoms with Crippen molar-refractivity contribution in [3.8, 4) is 0 Å². The van der Waals surface area contributed by atoms with Crippen LogP contribution in [0.4, 0.5) is 19.0 Å². The molecule has 1 aliphatic rings. The molecule has 0 amide bonds. The number of nitrogens with one attached hydrogen (secondary N) is 2. The number of hydrogen-bond acceptors (Lipinski definition) is 3. The lowest BCUT2D eigenvalue weighted by atomic mass is 9.98. The Labute approximate surface area is 104 Å². The van der Waals surface area contributed by atoms with E-state index in [0.717, 1.165) is 32.0 Å². The number of aromatic nitrogens is 1. The molecule has 18 heavy (non-hydrogen) atoms. The van der Waals surface area contributed by atoms with Crippen molar-refractivity contribution < 1.29 is 13.2 Å². The van der Waals surface area contributed by atoms with Crippen molar-refractivity contribution in [3.05, 3.63) is 23.9 Å². The van der Waals surface area contributed by atoms with Crippen molar-refractivity contribution >= 4 is 5.82 Å². The predicted octanol–water partition coefficient (Wildman–Crippen LogP) is 2.51. The van der Waals surface area contributed by atoms with Crippen LogP contribution < -0.4 is 10.6 Å². The van der Waals surface area contributed by atoms with Gasteiger partial charge in [-0.1, -0.05) is 6.07 Å². The quantitative estimate of drug-likeness (QED) is 0.875. The summed E-state index contributed by atoms with van der Waals surface area (Å²) in [6.45, 7) is 2.63. The second kappa shape index (κ2) is 5.56. The first-order valence-electron chi connectivity index (χ1n) is 6.04. The maximum atomic E-state index is 12.5.